The molecule has 0 spiro atoms. The maximum atomic E-state index is 5.99. The molecule has 2 N–H and O–H groups in total. The number of nitrogens with zero attached hydrogens (tertiary/aromatic N) is 4. The van der Waals surface area contributed by atoms with Gasteiger partial charge in [-0.3, -0.25) is 10.0 Å². The van der Waals surface area contributed by atoms with Crippen molar-refractivity contribution < 1.29 is 4.74 Å². The van der Waals surface area contributed by atoms with Gasteiger partial charge in [0.05, 0.1) is 6.20 Å². The minimum Gasteiger partial charge on any atom is -0.492 e. The number of hydrogen-bond donors (Lipinski definition) is 1. The van der Waals surface area contributed by atoms with Crippen LogP contribution in [0.1, 0.15) is 19.3 Å². The summed E-state index contributed by atoms with van der Waals surface area (Å²) in [4.78, 5) is 8.35. The fraction of sp³-hybridized carbons (Fsp3) is 0.241. The van der Waals surface area contributed by atoms with Crippen molar-refractivity contribution in [3.8, 4) is 28.0 Å². The Hall–Kier alpha value is -3.39. The molecular weight excluding hydrogens is 466 g/mol. The Morgan fingerprint density at radius 1 is 0.833 bits per heavy atom. The summed E-state index contributed by atoms with van der Waals surface area (Å²) >= 11 is 1.27. The van der Waals surface area contributed by atoms with Crippen LogP contribution in [0.5, 0.6) is 5.75 Å². The molecule has 182 valence electrons. The lowest BCUT2D eigenvalue weighted by molar-refractivity contribution is 0.183. The van der Waals surface area contributed by atoms with Gasteiger partial charge in [0, 0.05) is 35.0 Å². The van der Waals surface area contributed by atoms with Crippen LogP contribution in [0.3, 0.4) is 0 Å². The van der Waals surface area contributed by atoms with Gasteiger partial charge < -0.3 is 4.74 Å². The molecule has 6 nitrogen and oxygen atoms in total. The van der Waals surface area contributed by atoms with Crippen LogP contribution in [0.25, 0.3) is 38.7 Å². The highest BCUT2D eigenvalue weighted by molar-refractivity contribution is 7.97. The molecule has 6 rings (SSSR count). The predicted octanol–water partition coefficient (Wildman–Crippen LogP) is 6.05. The Kier molecular flexibility index (Phi) is 6.59. The van der Waals surface area contributed by atoms with Crippen molar-refractivity contribution in [3.05, 3.63) is 79.3 Å². The van der Waals surface area contributed by atoms with Crippen molar-refractivity contribution in [1.29, 1.82) is 0 Å². The van der Waals surface area contributed by atoms with E-state index in [0.717, 1.165) is 62.5 Å². The van der Waals surface area contributed by atoms with Crippen molar-refractivity contribution in [2.75, 3.05) is 26.2 Å². The average Bonchev–Trinajstić information content (AvgIpc) is 3.36. The van der Waals surface area contributed by atoms with Gasteiger partial charge in [-0.15, -0.1) is 0 Å². The first kappa shape index (κ1) is 23.0. The molecule has 1 fully saturated rings. The van der Waals surface area contributed by atoms with Gasteiger partial charge in [-0.1, -0.05) is 48.9 Å². The number of ether oxygens (including phenoxy) is 1. The topological polar surface area (TPSA) is 68.7 Å². The number of likely N-dealkylation sites (tertiary alicyclic amines) is 1. The van der Waals surface area contributed by atoms with E-state index in [1.165, 1.54) is 44.3 Å². The van der Waals surface area contributed by atoms with E-state index in [-0.39, 0.29) is 0 Å². The maximum absolute atomic E-state index is 5.99. The lowest BCUT2D eigenvalue weighted by Gasteiger charge is -2.26. The van der Waals surface area contributed by atoms with Gasteiger partial charge in [-0.2, -0.15) is 5.10 Å². The van der Waals surface area contributed by atoms with E-state index < -0.39 is 0 Å². The first-order chi connectivity index (χ1) is 17.8. The van der Waals surface area contributed by atoms with E-state index in [1.54, 1.807) is 0 Å². The second-order valence-electron chi connectivity index (χ2n) is 9.22. The summed E-state index contributed by atoms with van der Waals surface area (Å²) in [6.45, 7) is 4.11. The lowest BCUT2D eigenvalue weighted by Crippen LogP contribution is -2.33. The predicted molar refractivity (Wildman–Crippen MR) is 147 cm³/mol. The molecule has 1 aliphatic heterocycles. The Morgan fingerprint density at radius 3 is 2.44 bits per heavy atom. The van der Waals surface area contributed by atoms with Gasteiger partial charge in [0.15, 0.2) is 5.65 Å². The van der Waals surface area contributed by atoms with Crippen LogP contribution in [0.2, 0.25) is 0 Å². The molecule has 3 aromatic carbocycles. The summed E-state index contributed by atoms with van der Waals surface area (Å²) in [6, 6.07) is 20.7. The largest absolute Gasteiger partial charge is 0.492 e. The summed E-state index contributed by atoms with van der Waals surface area (Å²) in [6.07, 6.45) is 9.81. The van der Waals surface area contributed by atoms with E-state index in [1.807, 2.05) is 41.3 Å². The van der Waals surface area contributed by atoms with Crippen molar-refractivity contribution >= 4 is 28.4 Å². The summed E-state index contributed by atoms with van der Waals surface area (Å²) in [5, 5.41) is 12.8. The van der Waals surface area contributed by atoms with E-state index >= 15 is 0 Å². The Morgan fingerprint density at radius 2 is 1.64 bits per heavy atom. The molecule has 0 saturated carbocycles. The lowest BCUT2D eigenvalue weighted by atomic mass is 10.00. The highest BCUT2D eigenvalue weighted by Gasteiger charge is 2.14. The van der Waals surface area contributed by atoms with Crippen molar-refractivity contribution in [3.63, 3.8) is 0 Å². The van der Waals surface area contributed by atoms with Crippen LogP contribution < -0.4 is 9.88 Å². The van der Waals surface area contributed by atoms with E-state index in [4.69, 9.17) is 14.9 Å². The molecule has 1 aliphatic rings. The summed E-state index contributed by atoms with van der Waals surface area (Å²) in [7, 11) is 0. The molecule has 7 heteroatoms. The second-order valence-corrected chi connectivity index (χ2v) is 9.89. The number of hydrogen-bond acceptors (Lipinski definition) is 6. The zero-order valence-corrected chi connectivity index (χ0v) is 21.0. The molecule has 2 aromatic heterocycles. The molecular formula is C29H29N5OS. The van der Waals surface area contributed by atoms with Crippen LogP contribution in [0.15, 0.2) is 84.1 Å². The number of aromatic nitrogens is 3. The van der Waals surface area contributed by atoms with Crippen LogP contribution >= 0.6 is 11.9 Å². The molecule has 0 amide bonds. The monoisotopic (exact) mass is 495 g/mol. The first-order valence-corrected chi connectivity index (χ1v) is 13.4. The molecule has 0 bridgehead atoms. The van der Waals surface area contributed by atoms with Crippen LogP contribution in [-0.2, 0) is 0 Å². The molecule has 1 saturated heterocycles. The van der Waals surface area contributed by atoms with E-state index in [2.05, 4.69) is 52.5 Å². The third-order valence-electron chi connectivity index (χ3n) is 6.97. The second kappa shape index (κ2) is 10.3. The van der Waals surface area contributed by atoms with E-state index in [0.29, 0.717) is 0 Å². The van der Waals surface area contributed by atoms with Crippen LogP contribution in [0.4, 0.5) is 0 Å². The molecule has 5 aromatic rings. The molecule has 0 atom stereocenters. The zero-order valence-electron chi connectivity index (χ0n) is 20.1. The highest BCUT2D eigenvalue weighted by Crippen LogP contribution is 2.35. The zero-order chi connectivity index (χ0) is 24.3. The van der Waals surface area contributed by atoms with Crippen molar-refractivity contribution in [2.24, 2.45) is 5.14 Å². The molecule has 36 heavy (non-hydrogen) atoms. The normalized spacial score (nSPS) is 14.5. The smallest absolute Gasteiger partial charge is 0.162 e. The van der Waals surface area contributed by atoms with Gasteiger partial charge in [0.1, 0.15) is 12.4 Å². The standard InChI is InChI=1S/C29H29N5OS/c30-36-28-13-12-25(24-6-2-3-7-26(24)28)27-19-32-34-20-22(18-31-29(27)34)21-8-10-23(11-9-21)35-17-16-33-14-4-1-5-15-33/h2-3,6-13,18-20H,1,4-5,14-17,30H2. The van der Waals surface area contributed by atoms with Crippen LogP contribution in [-0.4, -0.2) is 45.7 Å². The number of piperidine rings is 1. The molecule has 3 heterocycles. The Balaban J connectivity index is 1.22. The summed E-state index contributed by atoms with van der Waals surface area (Å²) in [5.74, 6) is 0.900. The van der Waals surface area contributed by atoms with Gasteiger partial charge in [0.2, 0.25) is 0 Å². The van der Waals surface area contributed by atoms with Gasteiger partial charge in [-0.25, -0.2) is 9.50 Å². The quantitative estimate of drug-likeness (QED) is 0.277. The number of benzene rings is 3. The number of rotatable bonds is 7. The highest BCUT2D eigenvalue weighted by atomic mass is 32.2. The third-order valence-corrected chi connectivity index (χ3v) is 7.58. The van der Waals surface area contributed by atoms with Gasteiger partial charge >= 0.3 is 0 Å². The number of fused-ring (bicyclic) bond motifs is 2. The third kappa shape index (κ3) is 4.57. The minimum atomic E-state index is 0.725. The fourth-order valence-electron chi connectivity index (χ4n) is 5.04. The van der Waals surface area contributed by atoms with Crippen LogP contribution in [0, 0.1) is 0 Å². The molecule has 0 radical (unpaired) electrons. The maximum Gasteiger partial charge on any atom is 0.162 e. The van der Waals surface area contributed by atoms with Gasteiger partial charge in [-0.05, 0) is 78.0 Å². The summed E-state index contributed by atoms with van der Waals surface area (Å²) in [5.41, 5.74) is 5.03. The van der Waals surface area contributed by atoms with Crippen molar-refractivity contribution in [2.45, 2.75) is 24.2 Å². The molecule has 0 aliphatic carbocycles. The SMILES string of the molecule is NSc1ccc(-c2cnn3cc(-c4ccc(OCCN5CCCCC5)cc4)cnc23)c2ccccc12. The number of nitrogens with two attached hydrogens (primary N) is 1. The Bertz CT molecular complexity index is 1490. The summed E-state index contributed by atoms with van der Waals surface area (Å²) < 4.78 is 7.84. The molecule has 0 unspecified atom stereocenters. The van der Waals surface area contributed by atoms with Gasteiger partial charge in [0.25, 0.3) is 0 Å². The first-order valence-electron chi connectivity index (χ1n) is 12.5. The average molecular weight is 496 g/mol. The fourth-order valence-corrected chi connectivity index (χ4v) is 5.49. The van der Waals surface area contributed by atoms with E-state index in [9.17, 15) is 0 Å². The Labute approximate surface area is 215 Å². The minimum absolute atomic E-state index is 0.725. The van der Waals surface area contributed by atoms with Crippen molar-refractivity contribution in [1.82, 2.24) is 19.5 Å².